The maximum absolute atomic E-state index is 11.7. The van der Waals surface area contributed by atoms with Gasteiger partial charge in [-0.3, -0.25) is 10.1 Å². The number of hydrogen-bond donors (Lipinski definition) is 2. The van der Waals surface area contributed by atoms with E-state index in [4.69, 9.17) is 9.84 Å². The fraction of sp³-hybridized carbons (Fsp3) is 0.500. The number of amides is 1. The molecule has 116 valence electrons. The predicted molar refractivity (Wildman–Crippen MR) is 76.8 cm³/mol. The van der Waals surface area contributed by atoms with E-state index in [2.05, 4.69) is 5.32 Å². The van der Waals surface area contributed by atoms with Crippen molar-refractivity contribution in [3.05, 3.63) is 39.9 Å². The standard InChI is InChI=1S/C14H20N2O5/c1-14(2,8-3-9-17)15-13(18)21-10-11-4-6-12(7-5-11)16(19)20/h4-7,17H,3,8-10H2,1-2H3,(H,15,18). The van der Waals surface area contributed by atoms with Gasteiger partial charge in [0.1, 0.15) is 6.61 Å². The van der Waals surface area contributed by atoms with Crippen LogP contribution in [0.15, 0.2) is 24.3 Å². The number of hydrogen-bond acceptors (Lipinski definition) is 5. The van der Waals surface area contributed by atoms with E-state index < -0.39 is 16.6 Å². The minimum absolute atomic E-state index is 0.00617. The van der Waals surface area contributed by atoms with Crippen molar-refractivity contribution in [1.82, 2.24) is 5.32 Å². The van der Waals surface area contributed by atoms with Crippen LogP contribution in [0.5, 0.6) is 0 Å². The second-order valence-corrected chi connectivity index (χ2v) is 5.34. The summed E-state index contributed by atoms with van der Waals surface area (Å²) in [5.74, 6) is 0. The molecule has 0 bridgehead atoms. The third-order valence-electron chi connectivity index (χ3n) is 2.92. The van der Waals surface area contributed by atoms with Crippen molar-refractivity contribution in [3.63, 3.8) is 0 Å². The molecule has 0 fully saturated rings. The van der Waals surface area contributed by atoms with Gasteiger partial charge in [0.25, 0.3) is 5.69 Å². The van der Waals surface area contributed by atoms with Gasteiger partial charge < -0.3 is 15.2 Å². The fourth-order valence-electron chi connectivity index (χ4n) is 1.76. The van der Waals surface area contributed by atoms with E-state index in [1.54, 1.807) is 12.1 Å². The number of nitrogens with one attached hydrogen (secondary N) is 1. The van der Waals surface area contributed by atoms with Crippen LogP contribution in [0.4, 0.5) is 10.5 Å². The quantitative estimate of drug-likeness (QED) is 0.594. The first-order chi connectivity index (χ1) is 9.84. The normalized spacial score (nSPS) is 11.0. The Bertz CT molecular complexity index is 485. The highest BCUT2D eigenvalue weighted by molar-refractivity contribution is 5.68. The first kappa shape index (κ1) is 16.9. The molecule has 0 aliphatic rings. The van der Waals surface area contributed by atoms with E-state index in [1.807, 2.05) is 13.8 Å². The largest absolute Gasteiger partial charge is 0.445 e. The molecule has 7 heteroatoms. The average Bonchev–Trinajstić information content (AvgIpc) is 2.43. The highest BCUT2D eigenvalue weighted by atomic mass is 16.6. The lowest BCUT2D eigenvalue weighted by molar-refractivity contribution is -0.384. The Hall–Kier alpha value is -2.15. The summed E-state index contributed by atoms with van der Waals surface area (Å²) in [4.78, 5) is 21.7. The molecular formula is C14H20N2O5. The lowest BCUT2D eigenvalue weighted by Crippen LogP contribution is -2.43. The molecule has 7 nitrogen and oxygen atoms in total. The molecule has 0 spiro atoms. The van der Waals surface area contributed by atoms with Crippen LogP contribution in [0.3, 0.4) is 0 Å². The zero-order valence-electron chi connectivity index (χ0n) is 12.2. The second kappa shape index (κ2) is 7.58. The van der Waals surface area contributed by atoms with Crippen LogP contribution in [0.2, 0.25) is 0 Å². The Morgan fingerprint density at radius 1 is 1.38 bits per heavy atom. The molecule has 0 unspecified atom stereocenters. The first-order valence-electron chi connectivity index (χ1n) is 6.63. The number of rotatable bonds is 7. The van der Waals surface area contributed by atoms with Gasteiger partial charge in [-0.25, -0.2) is 4.79 Å². The number of non-ortho nitro benzene ring substituents is 1. The number of nitro groups is 1. The van der Waals surface area contributed by atoms with Crippen molar-refractivity contribution in [2.24, 2.45) is 0 Å². The van der Waals surface area contributed by atoms with Gasteiger partial charge in [0.15, 0.2) is 0 Å². The Morgan fingerprint density at radius 2 is 2.00 bits per heavy atom. The molecule has 21 heavy (non-hydrogen) atoms. The predicted octanol–water partition coefficient (Wildman–Crippen LogP) is 2.37. The van der Waals surface area contributed by atoms with E-state index in [9.17, 15) is 14.9 Å². The average molecular weight is 296 g/mol. The number of aliphatic hydroxyl groups is 1. The summed E-state index contributed by atoms with van der Waals surface area (Å²) in [5.41, 5.74) is 0.201. The molecule has 1 aromatic rings. The lowest BCUT2D eigenvalue weighted by Gasteiger charge is -2.25. The minimum Gasteiger partial charge on any atom is -0.445 e. The van der Waals surface area contributed by atoms with Gasteiger partial charge in [0.05, 0.1) is 4.92 Å². The van der Waals surface area contributed by atoms with Crippen LogP contribution >= 0.6 is 0 Å². The zero-order chi connectivity index (χ0) is 15.9. The van der Waals surface area contributed by atoms with Gasteiger partial charge in [0.2, 0.25) is 0 Å². The van der Waals surface area contributed by atoms with E-state index >= 15 is 0 Å². The summed E-state index contributed by atoms with van der Waals surface area (Å²) in [6.45, 7) is 3.80. The van der Waals surface area contributed by atoms with Crippen molar-refractivity contribution in [3.8, 4) is 0 Å². The molecule has 0 atom stereocenters. The Kier molecular flexibility index (Phi) is 6.10. The number of carbonyl (C=O) groups is 1. The van der Waals surface area contributed by atoms with Crippen molar-refractivity contribution in [1.29, 1.82) is 0 Å². The van der Waals surface area contributed by atoms with Crippen LogP contribution in [0.1, 0.15) is 32.3 Å². The van der Waals surface area contributed by atoms with Crippen molar-refractivity contribution in [2.75, 3.05) is 6.61 Å². The van der Waals surface area contributed by atoms with E-state index in [-0.39, 0.29) is 18.9 Å². The van der Waals surface area contributed by atoms with E-state index in [0.717, 1.165) is 0 Å². The highest BCUT2D eigenvalue weighted by Gasteiger charge is 2.20. The maximum Gasteiger partial charge on any atom is 0.407 e. The molecule has 0 aromatic heterocycles. The maximum atomic E-state index is 11.7. The third kappa shape index (κ3) is 6.22. The van der Waals surface area contributed by atoms with Crippen LogP contribution in [0.25, 0.3) is 0 Å². The highest BCUT2D eigenvalue weighted by Crippen LogP contribution is 2.14. The number of carbonyl (C=O) groups excluding carboxylic acids is 1. The number of benzene rings is 1. The molecule has 1 aromatic carbocycles. The molecule has 2 N–H and O–H groups in total. The SMILES string of the molecule is CC(C)(CCCO)NC(=O)OCc1ccc([N+](=O)[O-])cc1. The van der Waals surface area contributed by atoms with Crippen LogP contribution < -0.4 is 5.32 Å². The van der Waals surface area contributed by atoms with Gasteiger partial charge in [-0.2, -0.15) is 0 Å². The van der Waals surface area contributed by atoms with Crippen molar-refractivity contribution < 1.29 is 19.6 Å². The molecular weight excluding hydrogens is 276 g/mol. The summed E-state index contributed by atoms with van der Waals surface area (Å²) in [5, 5.41) is 22.0. The number of aliphatic hydroxyl groups excluding tert-OH is 1. The van der Waals surface area contributed by atoms with Crippen molar-refractivity contribution >= 4 is 11.8 Å². The van der Waals surface area contributed by atoms with Gasteiger partial charge in [-0.1, -0.05) is 0 Å². The molecule has 0 heterocycles. The van der Waals surface area contributed by atoms with Crippen molar-refractivity contribution in [2.45, 2.75) is 38.8 Å². The zero-order valence-corrected chi connectivity index (χ0v) is 12.2. The van der Waals surface area contributed by atoms with Gasteiger partial charge in [-0.05, 0) is 44.4 Å². The number of nitrogens with zero attached hydrogens (tertiary/aromatic N) is 1. The number of ether oxygens (including phenoxy) is 1. The molecule has 0 aliphatic carbocycles. The lowest BCUT2D eigenvalue weighted by atomic mass is 9.99. The van der Waals surface area contributed by atoms with E-state index in [1.165, 1.54) is 12.1 Å². The minimum atomic E-state index is -0.559. The van der Waals surface area contributed by atoms with Gasteiger partial charge in [-0.15, -0.1) is 0 Å². The summed E-state index contributed by atoms with van der Waals surface area (Å²) in [6, 6.07) is 5.81. The first-order valence-corrected chi connectivity index (χ1v) is 6.63. The van der Waals surface area contributed by atoms with Crippen LogP contribution in [-0.2, 0) is 11.3 Å². The number of alkyl carbamates (subject to hydrolysis) is 1. The Labute approximate surface area is 123 Å². The third-order valence-corrected chi connectivity index (χ3v) is 2.92. The summed E-state index contributed by atoms with van der Waals surface area (Å²) in [6.07, 6.45) is 0.669. The molecule has 0 radical (unpaired) electrons. The summed E-state index contributed by atoms with van der Waals surface area (Å²) >= 11 is 0. The smallest absolute Gasteiger partial charge is 0.407 e. The number of nitro benzene ring substituents is 1. The summed E-state index contributed by atoms with van der Waals surface area (Å²) in [7, 11) is 0. The monoisotopic (exact) mass is 296 g/mol. The van der Waals surface area contributed by atoms with Crippen LogP contribution in [0, 0.1) is 10.1 Å². The molecule has 1 rings (SSSR count). The van der Waals surface area contributed by atoms with E-state index in [0.29, 0.717) is 18.4 Å². The Morgan fingerprint density at radius 3 is 2.52 bits per heavy atom. The molecule has 1 amide bonds. The molecule has 0 aliphatic heterocycles. The Balaban J connectivity index is 2.44. The van der Waals surface area contributed by atoms with Crippen LogP contribution in [-0.4, -0.2) is 28.3 Å². The fourth-order valence-corrected chi connectivity index (χ4v) is 1.76. The van der Waals surface area contributed by atoms with Gasteiger partial charge >= 0.3 is 6.09 Å². The molecule has 0 saturated carbocycles. The second-order valence-electron chi connectivity index (χ2n) is 5.34. The topological polar surface area (TPSA) is 102 Å². The summed E-state index contributed by atoms with van der Waals surface area (Å²) < 4.78 is 5.06. The molecule has 0 saturated heterocycles. The van der Waals surface area contributed by atoms with Gasteiger partial charge in [0, 0.05) is 24.3 Å².